The van der Waals surface area contributed by atoms with Crippen LogP contribution in [-0.4, -0.2) is 23.2 Å². The summed E-state index contributed by atoms with van der Waals surface area (Å²) in [6.45, 7) is 2.25. The highest BCUT2D eigenvalue weighted by Crippen LogP contribution is 2.29. The van der Waals surface area contributed by atoms with E-state index >= 15 is 0 Å². The van der Waals surface area contributed by atoms with Gasteiger partial charge in [-0.1, -0.05) is 0 Å². The maximum Gasteiger partial charge on any atom is 0.117 e. The van der Waals surface area contributed by atoms with Crippen molar-refractivity contribution >= 4 is 16.6 Å². The fraction of sp³-hybridized carbons (Fsp3) is 0.308. The fourth-order valence-corrected chi connectivity index (χ4v) is 2.36. The number of hydrogen-bond donors (Lipinski definition) is 1. The molecule has 1 N–H and O–H groups in total. The summed E-state index contributed by atoms with van der Waals surface area (Å²) in [5, 5.41) is 10.6. The van der Waals surface area contributed by atoms with Crippen LogP contribution in [0.4, 0.5) is 5.69 Å². The third-order valence-corrected chi connectivity index (χ3v) is 3.15. The molecule has 1 aliphatic rings. The predicted molar refractivity (Wildman–Crippen MR) is 64.9 cm³/mol. The molecule has 0 amide bonds. The van der Waals surface area contributed by atoms with Crippen LogP contribution in [0.1, 0.15) is 12.8 Å². The van der Waals surface area contributed by atoms with Gasteiger partial charge in [-0.05, 0) is 31.0 Å². The minimum absolute atomic E-state index is 0.276. The molecule has 82 valence electrons. The Bertz CT molecular complexity index is 518. The van der Waals surface area contributed by atoms with Crippen LogP contribution in [-0.2, 0) is 0 Å². The molecule has 0 bridgehead atoms. The molecule has 16 heavy (non-hydrogen) atoms. The second kappa shape index (κ2) is 3.67. The molecular formula is C13H14N2O. The molecule has 0 radical (unpaired) electrons. The highest BCUT2D eigenvalue weighted by molar-refractivity contribution is 5.92. The Kier molecular flexibility index (Phi) is 2.17. The van der Waals surface area contributed by atoms with Crippen molar-refractivity contribution in [2.24, 2.45) is 0 Å². The standard InChI is InChI=1S/C13H14N2O/c16-10-3-4-11-12(9-10)14-6-5-13(11)15-7-1-2-8-15/h3-6,9,16H,1-2,7-8H2. The van der Waals surface area contributed by atoms with Gasteiger partial charge in [0, 0.05) is 36.4 Å². The van der Waals surface area contributed by atoms with Crippen molar-refractivity contribution < 1.29 is 5.11 Å². The summed E-state index contributed by atoms with van der Waals surface area (Å²) < 4.78 is 0. The highest BCUT2D eigenvalue weighted by atomic mass is 16.3. The van der Waals surface area contributed by atoms with E-state index in [-0.39, 0.29) is 5.75 Å². The van der Waals surface area contributed by atoms with E-state index in [0.29, 0.717) is 0 Å². The molecule has 3 nitrogen and oxygen atoms in total. The van der Waals surface area contributed by atoms with Gasteiger partial charge in [0.25, 0.3) is 0 Å². The third kappa shape index (κ3) is 1.48. The molecule has 1 saturated heterocycles. The number of phenolic OH excluding ortho intramolecular Hbond substituents is 1. The number of anilines is 1. The van der Waals surface area contributed by atoms with E-state index in [2.05, 4.69) is 16.0 Å². The number of aromatic hydroxyl groups is 1. The number of hydrogen-bond acceptors (Lipinski definition) is 3. The van der Waals surface area contributed by atoms with Gasteiger partial charge in [0.05, 0.1) is 5.52 Å². The van der Waals surface area contributed by atoms with E-state index in [1.165, 1.54) is 18.5 Å². The molecule has 3 heteroatoms. The second-order valence-corrected chi connectivity index (χ2v) is 4.23. The molecule has 0 spiro atoms. The lowest BCUT2D eigenvalue weighted by molar-refractivity contribution is 0.476. The van der Waals surface area contributed by atoms with E-state index in [1.807, 2.05) is 12.3 Å². The highest BCUT2D eigenvalue weighted by Gasteiger charge is 2.14. The Labute approximate surface area is 94.3 Å². The first-order chi connectivity index (χ1) is 7.84. The summed E-state index contributed by atoms with van der Waals surface area (Å²) in [7, 11) is 0. The van der Waals surface area contributed by atoms with Crippen molar-refractivity contribution in [3.05, 3.63) is 30.5 Å². The summed E-state index contributed by atoms with van der Waals surface area (Å²) in [6, 6.07) is 7.45. The number of fused-ring (bicyclic) bond motifs is 1. The quantitative estimate of drug-likeness (QED) is 0.792. The first kappa shape index (κ1) is 9.46. The summed E-state index contributed by atoms with van der Waals surface area (Å²) in [4.78, 5) is 6.68. The summed E-state index contributed by atoms with van der Waals surface area (Å²) >= 11 is 0. The van der Waals surface area contributed by atoms with Crippen LogP contribution < -0.4 is 4.90 Å². The van der Waals surface area contributed by atoms with Gasteiger partial charge in [0.1, 0.15) is 5.75 Å². The van der Waals surface area contributed by atoms with Crippen LogP contribution in [0.5, 0.6) is 5.75 Å². The van der Waals surface area contributed by atoms with Crippen molar-refractivity contribution in [1.82, 2.24) is 4.98 Å². The summed E-state index contributed by atoms with van der Waals surface area (Å²) in [5.74, 6) is 0.276. The van der Waals surface area contributed by atoms with Gasteiger partial charge in [-0.25, -0.2) is 0 Å². The SMILES string of the molecule is Oc1ccc2c(N3CCCC3)ccnc2c1. The Balaban J connectivity index is 2.16. The van der Waals surface area contributed by atoms with Crippen LogP contribution in [0.2, 0.25) is 0 Å². The van der Waals surface area contributed by atoms with Crippen molar-refractivity contribution in [2.75, 3.05) is 18.0 Å². The summed E-state index contributed by atoms with van der Waals surface area (Å²) in [6.07, 6.45) is 4.35. The monoisotopic (exact) mass is 214 g/mol. The topological polar surface area (TPSA) is 36.4 Å². The molecule has 0 atom stereocenters. The fourth-order valence-electron chi connectivity index (χ4n) is 2.36. The number of phenols is 1. The molecule has 1 aliphatic heterocycles. The Hall–Kier alpha value is -1.77. The lowest BCUT2D eigenvalue weighted by atomic mass is 10.1. The molecule has 1 aromatic heterocycles. The Morgan fingerprint density at radius 1 is 1.12 bits per heavy atom. The third-order valence-electron chi connectivity index (χ3n) is 3.15. The molecule has 1 fully saturated rings. The minimum Gasteiger partial charge on any atom is -0.508 e. The van der Waals surface area contributed by atoms with Crippen molar-refractivity contribution in [2.45, 2.75) is 12.8 Å². The maximum absolute atomic E-state index is 9.43. The maximum atomic E-state index is 9.43. The largest absolute Gasteiger partial charge is 0.508 e. The van der Waals surface area contributed by atoms with Crippen LogP contribution in [0.3, 0.4) is 0 Å². The zero-order valence-electron chi connectivity index (χ0n) is 9.06. The van der Waals surface area contributed by atoms with Crippen LogP contribution in [0.25, 0.3) is 10.9 Å². The minimum atomic E-state index is 0.276. The van der Waals surface area contributed by atoms with E-state index < -0.39 is 0 Å². The number of pyridine rings is 1. The van der Waals surface area contributed by atoms with Crippen molar-refractivity contribution in [1.29, 1.82) is 0 Å². The zero-order chi connectivity index (χ0) is 11.0. The first-order valence-corrected chi connectivity index (χ1v) is 5.67. The van der Waals surface area contributed by atoms with Gasteiger partial charge in [0.15, 0.2) is 0 Å². The van der Waals surface area contributed by atoms with Gasteiger partial charge in [0.2, 0.25) is 0 Å². The van der Waals surface area contributed by atoms with Gasteiger partial charge in [-0.15, -0.1) is 0 Å². The predicted octanol–water partition coefficient (Wildman–Crippen LogP) is 2.54. The molecule has 1 aromatic carbocycles. The van der Waals surface area contributed by atoms with Crippen LogP contribution in [0.15, 0.2) is 30.5 Å². The van der Waals surface area contributed by atoms with Gasteiger partial charge in [-0.2, -0.15) is 0 Å². The molecule has 0 aliphatic carbocycles. The number of nitrogens with zero attached hydrogens (tertiary/aromatic N) is 2. The molecule has 2 heterocycles. The average molecular weight is 214 g/mol. The lowest BCUT2D eigenvalue weighted by Crippen LogP contribution is -2.17. The Morgan fingerprint density at radius 3 is 2.75 bits per heavy atom. The smallest absolute Gasteiger partial charge is 0.117 e. The van der Waals surface area contributed by atoms with E-state index in [0.717, 1.165) is 24.0 Å². The zero-order valence-corrected chi connectivity index (χ0v) is 9.06. The molecule has 3 rings (SSSR count). The van der Waals surface area contributed by atoms with Crippen LogP contribution in [0, 0.1) is 0 Å². The number of rotatable bonds is 1. The van der Waals surface area contributed by atoms with Crippen molar-refractivity contribution in [3.63, 3.8) is 0 Å². The molecular weight excluding hydrogens is 200 g/mol. The van der Waals surface area contributed by atoms with E-state index in [1.54, 1.807) is 12.1 Å². The van der Waals surface area contributed by atoms with E-state index in [4.69, 9.17) is 0 Å². The Morgan fingerprint density at radius 2 is 1.94 bits per heavy atom. The first-order valence-electron chi connectivity index (χ1n) is 5.67. The van der Waals surface area contributed by atoms with Gasteiger partial charge >= 0.3 is 0 Å². The number of aromatic nitrogens is 1. The van der Waals surface area contributed by atoms with Gasteiger partial charge < -0.3 is 10.0 Å². The number of benzene rings is 1. The normalized spacial score (nSPS) is 15.9. The van der Waals surface area contributed by atoms with E-state index in [9.17, 15) is 5.11 Å². The lowest BCUT2D eigenvalue weighted by Gasteiger charge is -2.19. The van der Waals surface area contributed by atoms with Gasteiger partial charge in [-0.3, -0.25) is 4.98 Å². The average Bonchev–Trinajstić information content (AvgIpc) is 2.81. The van der Waals surface area contributed by atoms with Crippen molar-refractivity contribution in [3.8, 4) is 5.75 Å². The molecule has 0 saturated carbocycles. The molecule has 2 aromatic rings. The second-order valence-electron chi connectivity index (χ2n) is 4.23. The van der Waals surface area contributed by atoms with Crippen LogP contribution >= 0.6 is 0 Å². The molecule has 0 unspecified atom stereocenters. The summed E-state index contributed by atoms with van der Waals surface area (Å²) in [5.41, 5.74) is 2.10.